The Morgan fingerprint density at radius 2 is 1.93 bits per heavy atom. The molecule has 0 heterocycles. The number of hydrogen-bond acceptors (Lipinski definition) is 1. The SMILES string of the molecule is CCC(N)[SiH2]Cc1ccc(F)cc1.Cl. The highest BCUT2D eigenvalue weighted by Crippen LogP contribution is 2.03. The zero-order chi connectivity index (χ0) is 9.68. The van der Waals surface area contributed by atoms with Crippen molar-refractivity contribution in [2.24, 2.45) is 5.73 Å². The van der Waals surface area contributed by atoms with Crippen LogP contribution in [0.3, 0.4) is 0 Å². The summed E-state index contributed by atoms with van der Waals surface area (Å²) in [6.45, 7) is 2.11. The number of nitrogens with two attached hydrogens (primary N) is 1. The molecule has 1 atom stereocenters. The van der Waals surface area contributed by atoms with Crippen LogP contribution in [0.2, 0.25) is 0 Å². The zero-order valence-electron chi connectivity index (χ0n) is 8.37. The van der Waals surface area contributed by atoms with Gasteiger partial charge in [0.2, 0.25) is 0 Å². The standard InChI is InChI=1S/C10H16FNSi.ClH/c1-2-10(12)13-7-8-3-5-9(11)6-4-8;/h3-6,10H,2,7,12-13H2,1H3;1H. The average Bonchev–Trinajstić information content (AvgIpc) is 2.16. The fraction of sp³-hybridized carbons (Fsp3) is 0.400. The van der Waals surface area contributed by atoms with Crippen LogP contribution in [0, 0.1) is 5.82 Å². The minimum Gasteiger partial charge on any atom is -0.331 e. The lowest BCUT2D eigenvalue weighted by Gasteiger charge is -2.06. The lowest BCUT2D eigenvalue weighted by atomic mass is 10.2. The van der Waals surface area contributed by atoms with Gasteiger partial charge in [-0.3, -0.25) is 0 Å². The molecule has 0 saturated carbocycles. The van der Waals surface area contributed by atoms with Gasteiger partial charge in [-0.15, -0.1) is 12.4 Å². The third-order valence-electron chi connectivity index (χ3n) is 2.24. The van der Waals surface area contributed by atoms with Gasteiger partial charge < -0.3 is 5.73 Å². The van der Waals surface area contributed by atoms with Gasteiger partial charge in [0.15, 0.2) is 0 Å². The first-order chi connectivity index (χ1) is 6.22. The van der Waals surface area contributed by atoms with Gasteiger partial charge >= 0.3 is 0 Å². The molecule has 0 aliphatic heterocycles. The largest absolute Gasteiger partial charge is 0.331 e. The highest BCUT2D eigenvalue weighted by atomic mass is 35.5. The number of halogens is 2. The molecule has 1 unspecified atom stereocenters. The predicted octanol–water partition coefficient (Wildman–Crippen LogP) is 1.61. The van der Waals surface area contributed by atoms with Crippen LogP contribution in [0.4, 0.5) is 4.39 Å². The van der Waals surface area contributed by atoms with Crippen molar-refractivity contribution >= 4 is 21.9 Å². The first-order valence-electron chi connectivity index (χ1n) is 4.72. The van der Waals surface area contributed by atoms with E-state index in [2.05, 4.69) is 6.92 Å². The normalized spacial score (nSPS) is 12.8. The van der Waals surface area contributed by atoms with Crippen LogP contribution >= 0.6 is 12.4 Å². The van der Waals surface area contributed by atoms with E-state index in [0.717, 1.165) is 12.5 Å². The Bertz CT molecular complexity index is 253. The summed E-state index contributed by atoms with van der Waals surface area (Å²) < 4.78 is 12.5. The van der Waals surface area contributed by atoms with Crippen molar-refractivity contribution in [3.05, 3.63) is 35.6 Å². The Hall–Kier alpha value is -0.383. The Kier molecular flexibility index (Phi) is 6.79. The van der Waals surface area contributed by atoms with Gasteiger partial charge in [0, 0.05) is 9.52 Å². The molecule has 2 N–H and O–H groups in total. The van der Waals surface area contributed by atoms with Crippen LogP contribution in [0.1, 0.15) is 18.9 Å². The Balaban J connectivity index is 0.00000169. The van der Waals surface area contributed by atoms with E-state index in [1.54, 1.807) is 0 Å². The van der Waals surface area contributed by atoms with Crippen LogP contribution in [0.25, 0.3) is 0 Å². The number of hydrogen-bond donors (Lipinski definition) is 1. The molecule has 0 amide bonds. The summed E-state index contributed by atoms with van der Waals surface area (Å²) in [5, 5.41) is 0. The third kappa shape index (κ3) is 4.74. The first kappa shape index (κ1) is 13.6. The summed E-state index contributed by atoms with van der Waals surface area (Å²) in [6.07, 6.45) is 1.06. The van der Waals surface area contributed by atoms with Crippen LogP contribution in [0.15, 0.2) is 24.3 Å². The monoisotopic (exact) mass is 233 g/mol. The smallest absolute Gasteiger partial charge is 0.123 e. The van der Waals surface area contributed by atoms with Crippen molar-refractivity contribution < 1.29 is 4.39 Å². The van der Waals surface area contributed by atoms with Crippen molar-refractivity contribution in [2.75, 3.05) is 0 Å². The van der Waals surface area contributed by atoms with E-state index in [1.807, 2.05) is 12.1 Å². The summed E-state index contributed by atoms with van der Waals surface area (Å²) in [7, 11) is -0.220. The van der Waals surface area contributed by atoms with Crippen LogP contribution in [0.5, 0.6) is 0 Å². The van der Waals surface area contributed by atoms with Gasteiger partial charge in [-0.1, -0.05) is 24.6 Å². The molecular weight excluding hydrogens is 217 g/mol. The first-order valence-corrected chi connectivity index (χ1v) is 6.54. The van der Waals surface area contributed by atoms with E-state index in [1.165, 1.54) is 17.7 Å². The second-order valence-corrected chi connectivity index (χ2v) is 5.46. The van der Waals surface area contributed by atoms with Crippen molar-refractivity contribution in [3.63, 3.8) is 0 Å². The van der Waals surface area contributed by atoms with E-state index in [0.29, 0.717) is 5.67 Å². The second-order valence-electron chi connectivity index (χ2n) is 3.33. The highest BCUT2D eigenvalue weighted by molar-refractivity contribution is 6.37. The summed E-state index contributed by atoms with van der Waals surface area (Å²) >= 11 is 0. The lowest BCUT2D eigenvalue weighted by molar-refractivity contribution is 0.627. The van der Waals surface area contributed by atoms with Crippen LogP contribution in [-0.2, 0) is 6.04 Å². The predicted molar refractivity (Wildman–Crippen MR) is 64.2 cm³/mol. The van der Waals surface area contributed by atoms with Crippen molar-refractivity contribution in [1.29, 1.82) is 0 Å². The van der Waals surface area contributed by atoms with E-state index in [9.17, 15) is 4.39 Å². The molecule has 0 aliphatic rings. The molecule has 4 heteroatoms. The van der Waals surface area contributed by atoms with Crippen molar-refractivity contribution in [1.82, 2.24) is 0 Å². The molecule has 1 nitrogen and oxygen atoms in total. The van der Waals surface area contributed by atoms with Gasteiger partial charge in [-0.05, 0) is 30.3 Å². The topological polar surface area (TPSA) is 26.0 Å². The fourth-order valence-corrected chi connectivity index (χ4v) is 2.65. The zero-order valence-corrected chi connectivity index (χ0v) is 10.6. The lowest BCUT2D eigenvalue weighted by Crippen LogP contribution is -2.27. The molecule has 1 aromatic rings. The summed E-state index contributed by atoms with van der Waals surface area (Å²) in [5.74, 6) is -0.162. The minimum atomic E-state index is -0.220. The minimum absolute atomic E-state index is 0. The fourth-order valence-electron chi connectivity index (χ4n) is 1.21. The molecule has 0 aromatic heterocycles. The number of rotatable bonds is 4. The van der Waals surface area contributed by atoms with Crippen molar-refractivity contribution in [3.8, 4) is 0 Å². The maximum atomic E-state index is 12.5. The maximum absolute atomic E-state index is 12.5. The molecule has 0 fully saturated rings. The van der Waals surface area contributed by atoms with Gasteiger partial charge in [-0.25, -0.2) is 4.39 Å². The van der Waals surface area contributed by atoms with Gasteiger partial charge in [0.25, 0.3) is 0 Å². The van der Waals surface area contributed by atoms with Crippen LogP contribution < -0.4 is 5.73 Å². The van der Waals surface area contributed by atoms with Crippen LogP contribution in [-0.4, -0.2) is 15.2 Å². The number of benzene rings is 1. The molecule has 80 valence electrons. The molecule has 1 aromatic carbocycles. The molecule has 14 heavy (non-hydrogen) atoms. The Labute approximate surface area is 93.1 Å². The third-order valence-corrected chi connectivity index (χ3v) is 4.43. The Morgan fingerprint density at radius 3 is 2.43 bits per heavy atom. The van der Waals surface area contributed by atoms with Crippen molar-refractivity contribution in [2.45, 2.75) is 25.1 Å². The molecule has 0 bridgehead atoms. The summed E-state index contributed by atoms with van der Waals surface area (Å²) in [5.41, 5.74) is 7.47. The molecule has 0 aliphatic carbocycles. The van der Waals surface area contributed by atoms with Gasteiger partial charge in [0.05, 0.1) is 0 Å². The average molecular weight is 234 g/mol. The van der Waals surface area contributed by atoms with Gasteiger partial charge in [-0.2, -0.15) is 0 Å². The molecular formula is C10H17ClFNSi. The molecule has 1 rings (SSSR count). The van der Waals surface area contributed by atoms with E-state index in [-0.39, 0.29) is 27.7 Å². The van der Waals surface area contributed by atoms with E-state index >= 15 is 0 Å². The Morgan fingerprint density at radius 1 is 1.36 bits per heavy atom. The highest BCUT2D eigenvalue weighted by Gasteiger charge is 2.00. The quantitative estimate of drug-likeness (QED) is 0.786. The maximum Gasteiger partial charge on any atom is 0.123 e. The summed E-state index contributed by atoms with van der Waals surface area (Å²) in [6, 6.07) is 7.81. The van der Waals surface area contributed by atoms with Gasteiger partial charge in [0.1, 0.15) is 5.82 Å². The summed E-state index contributed by atoms with van der Waals surface area (Å²) in [4.78, 5) is 0. The molecule has 0 saturated heterocycles. The second kappa shape index (κ2) is 6.98. The van der Waals surface area contributed by atoms with E-state index < -0.39 is 0 Å². The van der Waals surface area contributed by atoms with E-state index in [4.69, 9.17) is 5.73 Å². The molecule has 0 radical (unpaired) electrons. The molecule has 0 spiro atoms.